The number of carbonyl (C=O) groups excluding carboxylic acids is 2. The number of nitrogens with two attached hydrogens (primary N) is 1. The van der Waals surface area contributed by atoms with Crippen molar-refractivity contribution in [1.29, 1.82) is 0 Å². The average Bonchev–Trinajstić information content (AvgIpc) is 3.57. The molecule has 6 rings (SSSR count). The number of aryl methyl sites for hydroxylation is 1. The number of benzene rings is 2. The molecule has 0 aliphatic heterocycles. The van der Waals surface area contributed by atoms with Gasteiger partial charge >= 0.3 is 12.1 Å². The molecular weight excluding hydrogens is 595 g/mol. The zero-order valence-electron chi connectivity index (χ0n) is 22.9. The fourth-order valence-corrected chi connectivity index (χ4v) is 5.36. The van der Waals surface area contributed by atoms with Crippen LogP contribution in [0.4, 0.5) is 13.2 Å². The summed E-state index contributed by atoms with van der Waals surface area (Å²) in [5.74, 6) is -2.78. The van der Waals surface area contributed by atoms with Crippen molar-refractivity contribution in [3.05, 3.63) is 101 Å². The number of ether oxygens (including phenoxy) is 1. The van der Waals surface area contributed by atoms with Gasteiger partial charge in [-0.25, -0.2) is 19.3 Å². The van der Waals surface area contributed by atoms with Gasteiger partial charge in [-0.15, -0.1) is 0 Å². The third kappa shape index (κ3) is 5.72. The fraction of sp³-hybridized carbons (Fsp3) is 0.133. The van der Waals surface area contributed by atoms with Crippen LogP contribution in [0.2, 0.25) is 0 Å². The maximum absolute atomic E-state index is 13.4. The summed E-state index contributed by atoms with van der Waals surface area (Å²) in [6, 6.07) is 19.1. The second kappa shape index (κ2) is 11.5. The molecule has 10 nitrogen and oxygen atoms in total. The lowest BCUT2D eigenvalue weighted by Crippen LogP contribution is -2.29. The molecule has 0 aliphatic carbocycles. The lowest BCUT2D eigenvalue weighted by Gasteiger charge is -2.16. The molecule has 0 spiro atoms. The minimum Gasteiger partial charge on any atom is -0.436 e. The molecule has 2 aromatic carbocycles. The van der Waals surface area contributed by atoms with E-state index in [4.69, 9.17) is 10.7 Å². The van der Waals surface area contributed by atoms with E-state index in [1.165, 1.54) is 29.7 Å². The highest BCUT2D eigenvalue weighted by atomic mass is 32.1. The largest absolute Gasteiger partial charge is 0.490 e. The first-order valence-electron chi connectivity index (χ1n) is 13.2. The summed E-state index contributed by atoms with van der Waals surface area (Å²) in [5.41, 5.74) is 9.94. The van der Waals surface area contributed by atoms with E-state index in [0.717, 1.165) is 21.2 Å². The summed E-state index contributed by atoms with van der Waals surface area (Å²) in [6.45, 7) is 2.07. The molecule has 44 heavy (non-hydrogen) atoms. The highest BCUT2D eigenvalue weighted by molar-refractivity contribution is 7.16. The molecule has 6 aromatic rings. The number of alkyl halides is 3. The van der Waals surface area contributed by atoms with Crippen LogP contribution in [-0.2, 0) is 16.1 Å². The van der Waals surface area contributed by atoms with E-state index in [1.54, 1.807) is 28.9 Å². The minimum atomic E-state index is -5.16. The quantitative estimate of drug-likeness (QED) is 0.180. The van der Waals surface area contributed by atoms with Crippen molar-refractivity contribution in [1.82, 2.24) is 29.9 Å². The van der Waals surface area contributed by atoms with Crippen LogP contribution >= 0.6 is 11.3 Å². The second-order valence-corrected chi connectivity index (χ2v) is 10.8. The smallest absolute Gasteiger partial charge is 0.436 e. The number of halogens is 3. The Morgan fingerprint density at radius 3 is 2.52 bits per heavy atom. The zero-order chi connectivity index (χ0) is 31.0. The number of imidazole rings is 1. The molecule has 1 amide bonds. The molecule has 0 aliphatic rings. The Balaban J connectivity index is 1.34. The van der Waals surface area contributed by atoms with Crippen LogP contribution in [0.3, 0.4) is 0 Å². The predicted octanol–water partition coefficient (Wildman–Crippen LogP) is 5.37. The molecule has 14 heteroatoms. The predicted molar refractivity (Wildman–Crippen MR) is 156 cm³/mol. The Morgan fingerprint density at radius 1 is 1.05 bits per heavy atom. The molecule has 1 atom stereocenters. The zero-order valence-corrected chi connectivity index (χ0v) is 23.7. The number of fused-ring (bicyclic) bond motifs is 2. The first-order chi connectivity index (χ1) is 21.1. The van der Waals surface area contributed by atoms with Crippen LogP contribution < -0.4 is 11.1 Å². The molecule has 0 saturated carbocycles. The maximum Gasteiger partial charge on any atom is 0.490 e. The second-order valence-electron chi connectivity index (χ2n) is 9.67. The van der Waals surface area contributed by atoms with E-state index in [2.05, 4.69) is 25.1 Å². The van der Waals surface area contributed by atoms with Crippen LogP contribution in [0.1, 0.15) is 33.0 Å². The average molecular weight is 618 g/mol. The van der Waals surface area contributed by atoms with Gasteiger partial charge in [0.15, 0.2) is 6.23 Å². The van der Waals surface area contributed by atoms with Crippen molar-refractivity contribution >= 4 is 39.1 Å². The Bertz CT molecular complexity index is 2010. The minimum absolute atomic E-state index is 0.167. The lowest BCUT2D eigenvalue weighted by atomic mass is 9.96. The van der Waals surface area contributed by atoms with Crippen molar-refractivity contribution in [2.45, 2.75) is 25.9 Å². The summed E-state index contributed by atoms with van der Waals surface area (Å²) < 4.78 is 43.9. The van der Waals surface area contributed by atoms with Crippen molar-refractivity contribution < 1.29 is 27.5 Å². The normalized spacial score (nSPS) is 12.4. The van der Waals surface area contributed by atoms with Crippen LogP contribution in [0, 0.1) is 6.92 Å². The van der Waals surface area contributed by atoms with E-state index in [0.29, 0.717) is 27.7 Å². The lowest BCUT2D eigenvalue weighted by molar-refractivity contribution is -0.205. The van der Waals surface area contributed by atoms with E-state index < -0.39 is 24.3 Å². The molecule has 0 radical (unpaired) electrons. The summed E-state index contributed by atoms with van der Waals surface area (Å²) in [6.07, 6.45) is -3.61. The van der Waals surface area contributed by atoms with Gasteiger partial charge in [-0.05, 0) is 24.6 Å². The van der Waals surface area contributed by atoms with Crippen molar-refractivity contribution in [3.8, 4) is 22.4 Å². The standard InChI is InChI=1S/C30H22F3N7O3S/c1-16-39-40-20(15-37-29(40)44-16)14-36-27(41)25-22-13-21(17-5-3-2-4-6-17)24(38-23(22)11-12-35-25)18-7-9-19(10-8-18)26(34)43-28(42)30(31,32)33/h2-13,15,26H,14,34H2,1H3,(H,36,41). The SMILES string of the molecule is Cc1nn2c(CNC(=O)c3nccc4nc(-c5ccc(C(N)OC(=O)C(F)(F)F)cc5)c(-c5ccccc5)cc34)cnc2s1. The number of nitrogens with one attached hydrogen (secondary N) is 1. The molecule has 4 aromatic heterocycles. The number of esters is 1. The number of carbonyl (C=O) groups is 2. The highest BCUT2D eigenvalue weighted by Crippen LogP contribution is 2.35. The van der Waals surface area contributed by atoms with Gasteiger partial charge < -0.3 is 10.1 Å². The third-order valence-corrected chi connectivity index (χ3v) is 7.55. The Morgan fingerprint density at radius 2 is 1.80 bits per heavy atom. The highest BCUT2D eigenvalue weighted by Gasteiger charge is 2.42. The first kappa shape index (κ1) is 28.9. The van der Waals surface area contributed by atoms with E-state index in [1.807, 2.05) is 43.3 Å². The van der Waals surface area contributed by atoms with Gasteiger partial charge in [0.2, 0.25) is 4.96 Å². The van der Waals surface area contributed by atoms with E-state index in [-0.39, 0.29) is 17.8 Å². The van der Waals surface area contributed by atoms with Crippen molar-refractivity contribution in [3.63, 3.8) is 0 Å². The summed E-state index contributed by atoms with van der Waals surface area (Å²) in [5, 5.41) is 8.69. The topological polar surface area (TPSA) is 137 Å². The van der Waals surface area contributed by atoms with Gasteiger partial charge in [0.25, 0.3) is 5.91 Å². The molecule has 222 valence electrons. The number of aromatic nitrogens is 5. The number of hydrogen-bond acceptors (Lipinski definition) is 9. The molecule has 3 N–H and O–H groups in total. The van der Waals surface area contributed by atoms with Crippen molar-refractivity contribution in [2.75, 3.05) is 0 Å². The Hall–Kier alpha value is -5.21. The van der Waals surface area contributed by atoms with Gasteiger partial charge in [-0.1, -0.05) is 65.9 Å². The van der Waals surface area contributed by atoms with E-state index >= 15 is 0 Å². The third-order valence-electron chi connectivity index (χ3n) is 6.71. The van der Waals surface area contributed by atoms with Crippen molar-refractivity contribution in [2.24, 2.45) is 5.73 Å². The summed E-state index contributed by atoms with van der Waals surface area (Å²) in [7, 11) is 0. The first-order valence-corrected chi connectivity index (χ1v) is 14.0. The van der Waals surface area contributed by atoms with Crippen LogP contribution in [-0.4, -0.2) is 42.6 Å². The summed E-state index contributed by atoms with van der Waals surface area (Å²) in [4.78, 5) is 38.9. The fourth-order valence-electron chi connectivity index (χ4n) is 4.62. The molecule has 0 bridgehead atoms. The van der Waals surface area contributed by atoms with Gasteiger partial charge in [-0.2, -0.15) is 18.3 Å². The number of amides is 1. The Kier molecular flexibility index (Phi) is 7.53. The van der Waals surface area contributed by atoms with E-state index in [9.17, 15) is 22.8 Å². The van der Waals surface area contributed by atoms with Crippen LogP contribution in [0.25, 0.3) is 38.2 Å². The molecule has 0 fully saturated rings. The molecule has 1 unspecified atom stereocenters. The molecule has 0 saturated heterocycles. The molecule has 4 heterocycles. The van der Waals surface area contributed by atoms with Gasteiger partial charge in [0, 0.05) is 28.3 Å². The van der Waals surface area contributed by atoms with Crippen LogP contribution in [0.15, 0.2) is 79.1 Å². The number of pyridine rings is 2. The molecular formula is C30H22F3N7O3S. The number of nitrogens with zero attached hydrogens (tertiary/aromatic N) is 5. The van der Waals surface area contributed by atoms with Crippen LogP contribution in [0.5, 0.6) is 0 Å². The number of rotatable bonds is 7. The Labute approximate surface area is 251 Å². The van der Waals surface area contributed by atoms with Gasteiger partial charge in [0.1, 0.15) is 10.7 Å². The van der Waals surface area contributed by atoms with Gasteiger partial charge in [0.05, 0.1) is 29.6 Å². The maximum atomic E-state index is 13.4. The monoisotopic (exact) mass is 617 g/mol. The summed E-state index contributed by atoms with van der Waals surface area (Å²) >= 11 is 1.45. The van der Waals surface area contributed by atoms with Gasteiger partial charge in [-0.3, -0.25) is 15.5 Å². The number of hydrogen-bond donors (Lipinski definition) is 2.